The van der Waals surface area contributed by atoms with E-state index in [-0.39, 0.29) is 18.4 Å². The lowest BCUT2D eigenvalue weighted by molar-refractivity contribution is -0.136. The minimum Gasteiger partial charge on any atom is -0.495 e. The summed E-state index contributed by atoms with van der Waals surface area (Å²) in [4.78, 5) is 25.2. The number of halogens is 1. The molecule has 0 spiro atoms. The van der Waals surface area contributed by atoms with E-state index < -0.39 is 5.97 Å². The number of H-pyrrole nitrogens is 1. The predicted molar refractivity (Wildman–Crippen MR) is 80.0 cm³/mol. The molecule has 0 aliphatic carbocycles. The first kappa shape index (κ1) is 15.1. The quantitative estimate of drug-likeness (QED) is 0.890. The first-order valence-electron chi connectivity index (χ1n) is 6.29. The van der Waals surface area contributed by atoms with Gasteiger partial charge in [0.15, 0.2) is 0 Å². The largest absolute Gasteiger partial charge is 0.495 e. The van der Waals surface area contributed by atoms with E-state index in [4.69, 9.17) is 21.4 Å². The van der Waals surface area contributed by atoms with E-state index in [0.717, 1.165) is 5.56 Å². The lowest BCUT2D eigenvalue weighted by atomic mass is 10.1. The van der Waals surface area contributed by atoms with Gasteiger partial charge < -0.3 is 14.8 Å². The Labute approximate surface area is 126 Å². The number of rotatable bonds is 5. The standard InChI is InChI=1S/C15H14ClNO4/c1-21-13-6-3-10(8-11(13)16)12-5-2-9(15(20)17-12)4-7-14(18)19/h2-3,5-6,8H,4,7H2,1H3,(H,17,20)(H,18,19). The molecule has 0 radical (unpaired) electrons. The number of carboxylic acids is 1. The number of pyridine rings is 1. The smallest absolute Gasteiger partial charge is 0.303 e. The highest BCUT2D eigenvalue weighted by atomic mass is 35.5. The molecule has 0 bridgehead atoms. The van der Waals surface area contributed by atoms with Crippen LogP contribution in [0.25, 0.3) is 11.3 Å². The molecule has 0 unspecified atom stereocenters. The lowest BCUT2D eigenvalue weighted by Crippen LogP contribution is -2.14. The van der Waals surface area contributed by atoms with Crippen molar-refractivity contribution >= 4 is 17.6 Å². The molecular formula is C15H14ClNO4. The normalized spacial score (nSPS) is 10.4. The van der Waals surface area contributed by atoms with Crippen LogP contribution in [0.3, 0.4) is 0 Å². The van der Waals surface area contributed by atoms with Crippen LogP contribution in [0.2, 0.25) is 5.02 Å². The second-order valence-electron chi connectivity index (χ2n) is 4.47. The van der Waals surface area contributed by atoms with Crippen LogP contribution in [-0.4, -0.2) is 23.2 Å². The molecule has 0 saturated carbocycles. The van der Waals surface area contributed by atoms with Crippen LogP contribution < -0.4 is 10.3 Å². The summed E-state index contributed by atoms with van der Waals surface area (Å²) in [6.07, 6.45) is 0.130. The Hall–Kier alpha value is -2.27. The molecule has 2 rings (SSSR count). The fourth-order valence-corrected chi connectivity index (χ4v) is 2.20. The van der Waals surface area contributed by atoms with Crippen molar-refractivity contribution in [3.63, 3.8) is 0 Å². The number of carbonyl (C=O) groups is 1. The molecular weight excluding hydrogens is 294 g/mol. The molecule has 21 heavy (non-hydrogen) atoms. The molecule has 0 atom stereocenters. The van der Waals surface area contributed by atoms with Crippen LogP contribution in [0.15, 0.2) is 35.1 Å². The zero-order valence-electron chi connectivity index (χ0n) is 11.4. The van der Waals surface area contributed by atoms with E-state index in [2.05, 4.69) is 4.98 Å². The van der Waals surface area contributed by atoms with Crippen molar-refractivity contribution in [2.75, 3.05) is 7.11 Å². The van der Waals surface area contributed by atoms with Gasteiger partial charge in [-0.05, 0) is 36.2 Å². The topological polar surface area (TPSA) is 79.4 Å². The van der Waals surface area contributed by atoms with Crippen LogP contribution in [0.5, 0.6) is 5.75 Å². The molecule has 0 aliphatic heterocycles. The highest BCUT2D eigenvalue weighted by molar-refractivity contribution is 6.32. The van der Waals surface area contributed by atoms with E-state index in [1.807, 2.05) is 0 Å². The summed E-state index contributed by atoms with van der Waals surface area (Å²) in [6, 6.07) is 8.57. The molecule has 1 aromatic heterocycles. The van der Waals surface area contributed by atoms with Crippen LogP contribution in [0, 0.1) is 0 Å². The Bertz CT molecular complexity index is 724. The van der Waals surface area contributed by atoms with E-state index in [0.29, 0.717) is 22.0 Å². The Morgan fingerprint density at radius 2 is 2.10 bits per heavy atom. The summed E-state index contributed by atoms with van der Waals surface area (Å²) in [7, 11) is 1.53. The summed E-state index contributed by atoms with van der Waals surface area (Å²) in [5.74, 6) is -0.374. The van der Waals surface area contributed by atoms with Crippen LogP contribution in [-0.2, 0) is 11.2 Å². The highest BCUT2D eigenvalue weighted by Crippen LogP contribution is 2.28. The molecule has 2 aromatic rings. The van der Waals surface area contributed by atoms with Gasteiger partial charge in [0.05, 0.1) is 12.1 Å². The van der Waals surface area contributed by atoms with E-state index in [1.54, 1.807) is 30.3 Å². The molecule has 0 aliphatic rings. The average molecular weight is 308 g/mol. The van der Waals surface area contributed by atoms with Gasteiger partial charge in [-0.25, -0.2) is 0 Å². The van der Waals surface area contributed by atoms with Gasteiger partial charge in [-0.3, -0.25) is 9.59 Å². The Balaban J connectivity index is 2.29. The zero-order chi connectivity index (χ0) is 15.4. The van der Waals surface area contributed by atoms with E-state index >= 15 is 0 Å². The SMILES string of the molecule is COc1ccc(-c2ccc(CCC(=O)O)c(=O)[nH]2)cc1Cl. The van der Waals surface area contributed by atoms with Gasteiger partial charge in [0.1, 0.15) is 5.75 Å². The van der Waals surface area contributed by atoms with E-state index in [9.17, 15) is 9.59 Å². The van der Waals surface area contributed by atoms with Gasteiger partial charge in [0.2, 0.25) is 0 Å². The maximum Gasteiger partial charge on any atom is 0.303 e. The molecule has 1 aromatic carbocycles. The van der Waals surface area contributed by atoms with Gasteiger partial charge in [-0.2, -0.15) is 0 Å². The highest BCUT2D eigenvalue weighted by Gasteiger charge is 2.07. The average Bonchev–Trinajstić information content (AvgIpc) is 2.45. The van der Waals surface area contributed by atoms with Crippen LogP contribution in [0.1, 0.15) is 12.0 Å². The lowest BCUT2D eigenvalue weighted by Gasteiger charge is -2.07. The number of aliphatic carboxylic acids is 1. The molecule has 6 heteroatoms. The van der Waals surface area contributed by atoms with Crippen LogP contribution in [0.4, 0.5) is 0 Å². The second-order valence-corrected chi connectivity index (χ2v) is 4.88. The van der Waals surface area contributed by atoms with Gasteiger partial charge in [0.25, 0.3) is 5.56 Å². The molecule has 110 valence electrons. The molecule has 2 N–H and O–H groups in total. The van der Waals surface area contributed by atoms with Crippen molar-refractivity contribution in [2.45, 2.75) is 12.8 Å². The molecule has 1 heterocycles. The fourth-order valence-electron chi connectivity index (χ4n) is 1.94. The van der Waals surface area contributed by atoms with Crippen LogP contribution >= 0.6 is 11.6 Å². The first-order valence-corrected chi connectivity index (χ1v) is 6.67. The maximum atomic E-state index is 11.9. The number of carboxylic acid groups (broad SMARTS) is 1. The molecule has 0 fully saturated rings. The number of ether oxygens (including phenoxy) is 1. The van der Waals surface area contributed by atoms with Gasteiger partial charge in [0, 0.05) is 17.7 Å². The molecule has 5 nitrogen and oxygen atoms in total. The van der Waals surface area contributed by atoms with E-state index in [1.165, 1.54) is 7.11 Å². The number of aryl methyl sites for hydroxylation is 1. The summed E-state index contributed by atoms with van der Waals surface area (Å²) >= 11 is 6.05. The third kappa shape index (κ3) is 3.64. The Kier molecular flexibility index (Phi) is 4.65. The number of benzene rings is 1. The monoisotopic (exact) mass is 307 g/mol. The molecule has 0 saturated heterocycles. The summed E-state index contributed by atoms with van der Waals surface area (Å²) in [5, 5.41) is 9.09. The Morgan fingerprint density at radius 3 is 2.67 bits per heavy atom. The summed E-state index contributed by atoms with van der Waals surface area (Å²) in [5.41, 5.74) is 1.52. The van der Waals surface area contributed by atoms with Gasteiger partial charge in [-0.1, -0.05) is 17.7 Å². The van der Waals surface area contributed by atoms with Crippen molar-refractivity contribution in [2.24, 2.45) is 0 Å². The minimum absolute atomic E-state index is 0.0726. The maximum absolute atomic E-state index is 11.9. The van der Waals surface area contributed by atoms with Crippen molar-refractivity contribution in [3.8, 4) is 17.0 Å². The van der Waals surface area contributed by atoms with Crippen molar-refractivity contribution < 1.29 is 14.6 Å². The van der Waals surface area contributed by atoms with Gasteiger partial charge >= 0.3 is 5.97 Å². The summed E-state index contributed by atoms with van der Waals surface area (Å²) < 4.78 is 5.07. The number of methoxy groups -OCH3 is 1. The number of aromatic nitrogens is 1. The number of hydrogen-bond acceptors (Lipinski definition) is 3. The number of hydrogen-bond donors (Lipinski definition) is 2. The fraction of sp³-hybridized carbons (Fsp3) is 0.200. The predicted octanol–water partition coefficient (Wildman–Crippen LogP) is 2.72. The molecule has 0 amide bonds. The van der Waals surface area contributed by atoms with Gasteiger partial charge in [-0.15, -0.1) is 0 Å². The first-order chi connectivity index (χ1) is 10.0. The van der Waals surface area contributed by atoms with Crippen molar-refractivity contribution in [3.05, 3.63) is 51.3 Å². The number of nitrogens with one attached hydrogen (secondary N) is 1. The number of aromatic amines is 1. The zero-order valence-corrected chi connectivity index (χ0v) is 12.1. The summed E-state index contributed by atoms with van der Waals surface area (Å²) in [6.45, 7) is 0. The third-order valence-corrected chi connectivity index (χ3v) is 3.36. The van der Waals surface area contributed by atoms with Crippen molar-refractivity contribution in [1.29, 1.82) is 0 Å². The second kappa shape index (κ2) is 6.45. The minimum atomic E-state index is -0.930. The third-order valence-electron chi connectivity index (χ3n) is 3.06. The Morgan fingerprint density at radius 1 is 1.33 bits per heavy atom. The van der Waals surface area contributed by atoms with Crippen molar-refractivity contribution in [1.82, 2.24) is 4.98 Å².